The molecule has 0 unspecified atom stereocenters. The van der Waals surface area contributed by atoms with Crippen LogP contribution < -0.4 is 0 Å². The van der Waals surface area contributed by atoms with E-state index in [2.05, 4.69) is 276 Å². The zero-order valence-corrected chi connectivity index (χ0v) is 60.3. The van der Waals surface area contributed by atoms with Gasteiger partial charge in [0.15, 0.2) is 11.2 Å². The molecule has 12 aromatic heterocycles. The summed E-state index contributed by atoms with van der Waals surface area (Å²) in [6.45, 7) is 53.3. The lowest BCUT2D eigenvalue weighted by Gasteiger charge is -2.07. The molecule has 12 aromatic rings. The highest BCUT2D eigenvalue weighted by atomic mass is 32.1. The molecular weight excluding hydrogens is 1220 g/mol. The molecular formula is C80H131N5O2S5. The van der Waals surface area contributed by atoms with Crippen LogP contribution in [0.25, 0.3) is 62.2 Å². The van der Waals surface area contributed by atoms with Gasteiger partial charge in [-0.3, -0.25) is 0 Å². The molecule has 0 radical (unpaired) electrons. The van der Waals surface area contributed by atoms with E-state index in [1.165, 1.54) is 93.4 Å². The number of aromatic nitrogens is 5. The van der Waals surface area contributed by atoms with E-state index in [1.54, 1.807) is 0 Å². The van der Waals surface area contributed by atoms with Gasteiger partial charge in [0, 0.05) is 112 Å². The van der Waals surface area contributed by atoms with Crippen LogP contribution in [0, 0.1) is 0 Å². The van der Waals surface area contributed by atoms with E-state index in [4.69, 9.17) is 8.83 Å². The third kappa shape index (κ3) is 21.0. The molecule has 12 heterocycles. The van der Waals surface area contributed by atoms with Crippen LogP contribution >= 0.6 is 56.7 Å². The van der Waals surface area contributed by atoms with Gasteiger partial charge in [-0.25, -0.2) is 0 Å². The predicted molar refractivity (Wildman–Crippen MR) is 430 cm³/mol. The first-order valence-electron chi connectivity index (χ1n) is 31.5. The molecule has 0 aliphatic rings. The molecule has 7 nitrogen and oxygen atoms in total. The van der Waals surface area contributed by atoms with E-state index in [9.17, 15) is 0 Å². The largest absolute Gasteiger partial charge is 0.459 e. The summed E-state index contributed by atoms with van der Waals surface area (Å²) in [6.07, 6.45) is 2.19. The minimum atomic E-state index is 0. The van der Waals surface area contributed by atoms with Crippen LogP contribution in [0.5, 0.6) is 0 Å². The number of aromatic amines is 3. The van der Waals surface area contributed by atoms with Crippen molar-refractivity contribution >= 4 is 119 Å². The minimum absolute atomic E-state index is 0. The van der Waals surface area contributed by atoms with Gasteiger partial charge < -0.3 is 32.9 Å². The zero-order chi connectivity index (χ0) is 62.6. The standard InChI is InChI=1S/C13H19NO.C12H17NO.3C12H17NS.C12H16S2.7CH4/c1-8(2)10-6-13-11(14(10)5)7-12(15-13)9(3)4;2*1-7(2)9-5-12-10(13-9)6-11(14-12)8(3)4;1-7(2)10-5-9-6-11(8(3)4)14-12(9)13-10;1-8(2)12-7-10-11(14-12)5-6-13(10)9(3)4;1-7(2)9-6-13-11-5-10(8(3)4)14-12(9)11;;;;;;;/h6-9H,1-5H3;3*5-8,13H,1-4H3;5-9H,1-4H3;5-8H,1-4H3;7*1H4. The molecule has 0 aromatic carbocycles. The van der Waals surface area contributed by atoms with Gasteiger partial charge in [0.1, 0.15) is 16.4 Å². The number of nitrogens with one attached hydrogen (secondary N) is 3. The zero-order valence-electron chi connectivity index (χ0n) is 56.2. The lowest BCUT2D eigenvalue weighted by Crippen LogP contribution is -1.97. The Labute approximate surface area is 581 Å². The molecule has 12 rings (SSSR count). The number of H-pyrrole nitrogens is 3. The number of furan rings is 2. The van der Waals surface area contributed by atoms with Crippen LogP contribution in [0.15, 0.2) is 87.1 Å². The fourth-order valence-corrected chi connectivity index (χ4v) is 15.8. The normalized spacial score (nSPS) is 11.2. The minimum Gasteiger partial charge on any atom is -0.459 e. The summed E-state index contributed by atoms with van der Waals surface area (Å²) in [5, 5.41) is 3.69. The summed E-state index contributed by atoms with van der Waals surface area (Å²) in [6, 6.07) is 25.2. The Morgan fingerprint density at radius 3 is 1.35 bits per heavy atom. The SMILES string of the molecule is C.C.C.C.C.C.C.CC(C)c1cc2c(cc(C(C)C)n2C)o1.CC(C)c1cc2c(ccn2C(C)C)s1.CC(C)c1cc2cc(C(C)C)sc2[nH]1.CC(C)c1cc2oc(C(C)C)cc2[nH]1.CC(C)c1cc2sc(C(C)C)cc2[nH]1.CC(C)c1cc2scc(C(C)C)c2s1. The third-order valence-corrected chi connectivity index (χ3v) is 22.3. The lowest BCUT2D eigenvalue weighted by molar-refractivity contribution is 0.521. The van der Waals surface area contributed by atoms with Gasteiger partial charge in [-0.05, 0) is 121 Å². The lowest BCUT2D eigenvalue weighted by atomic mass is 10.1. The molecule has 0 spiro atoms. The maximum atomic E-state index is 5.82. The van der Waals surface area contributed by atoms with Gasteiger partial charge in [-0.1, -0.05) is 204 Å². The van der Waals surface area contributed by atoms with Crippen molar-refractivity contribution in [1.82, 2.24) is 24.1 Å². The van der Waals surface area contributed by atoms with E-state index in [1.807, 2.05) is 56.7 Å². The molecule has 0 aliphatic heterocycles. The van der Waals surface area contributed by atoms with Gasteiger partial charge in [0.05, 0.1) is 31.5 Å². The van der Waals surface area contributed by atoms with Crippen molar-refractivity contribution in [3.8, 4) is 0 Å². The summed E-state index contributed by atoms with van der Waals surface area (Å²) in [5.41, 5.74) is 13.8. The van der Waals surface area contributed by atoms with Gasteiger partial charge in [0.2, 0.25) is 0 Å². The van der Waals surface area contributed by atoms with E-state index in [0.29, 0.717) is 71.1 Å². The Hall–Kier alpha value is -4.98. The molecule has 0 saturated heterocycles. The smallest absolute Gasteiger partial charge is 0.152 e. The van der Waals surface area contributed by atoms with Crippen LogP contribution in [-0.4, -0.2) is 24.1 Å². The van der Waals surface area contributed by atoms with Crippen molar-refractivity contribution < 1.29 is 8.83 Å². The highest BCUT2D eigenvalue weighted by molar-refractivity contribution is 7.27. The molecule has 0 aliphatic carbocycles. The number of hydrogen-bond acceptors (Lipinski definition) is 7. The van der Waals surface area contributed by atoms with Crippen LogP contribution in [0.3, 0.4) is 0 Å². The summed E-state index contributed by atoms with van der Waals surface area (Å²) >= 11 is 9.59. The molecule has 518 valence electrons. The van der Waals surface area contributed by atoms with Crippen LogP contribution in [0.1, 0.15) is 349 Å². The Balaban J connectivity index is 0.00000106. The van der Waals surface area contributed by atoms with Gasteiger partial charge >= 0.3 is 0 Å². The Morgan fingerprint density at radius 1 is 0.380 bits per heavy atom. The molecule has 0 amide bonds. The van der Waals surface area contributed by atoms with Crippen LogP contribution in [-0.2, 0) is 7.05 Å². The highest BCUT2D eigenvalue weighted by Crippen LogP contribution is 2.41. The molecule has 12 heteroatoms. The molecule has 0 fully saturated rings. The topological polar surface area (TPSA) is 83.5 Å². The van der Waals surface area contributed by atoms with Crippen molar-refractivity contribution in [3.63, 3.8) is 0 Å². The number of nitrogens with zero attached hydrogens (tertiary/aromatic N) is 2. The maximum Gasteiger partial charge on any atom is 0.152 e. The Morgan fingerprint density at radius 2 is 0.870 bits per heavy atom. The first-order valence-corrected chi connectivity index (χ1v) is 35.6. The fourth-order valence-electron chi connectivity index (χ4n) is 9.91. The quantitative estimate of drug-likeness (QED) is 0.114. The second-order valence-corrected chi connectivity index (χ2v) is 32.2. The number of aryl methyl sites for hydroxylation is 1. The molecule has 0 saturated carbocycles. The summed E-state index contributed by atoms with van der Waals surface area (Å²) in [5.74, 6) is 8.56. The Bertz CT molecular complexity index is 3480. The summed E-state index contributed by atoms with van der Waals surface area (Å²) in [4.78, 5) is 17.6. The van der Waals surface area contributed by atoms with Crippen molar-refractivity contribution in [2.24, 2.45) is 7.05 Å². The number of thiophene rings is 5. The van der Waals surface area contributed by atoms with Gasteiger partial charge in [-0.15, -0.1) is 56.7 Å². The highest BCUT2D eigenvalue weighted by Gasteiger charge is 2.18. The first kappa shape index (κ1) is 87.0. The van der Waals surface area contributed by atoms with E-state index in [0.717, 1.165) is 28.2 Å². The van der Waals surface area contributed by atoms with Crippen molar-refractivity contribution in [3.05, 3.63) is 138 Å². The van der Waals surface area contributed by atoms with Gasteiger partial charge in [0.25, 0.3) is 0 Å². The van der Waals surface area contributed by atoms with E-state index >= 15 is 0 Å². The molecule has 0 bridgehead atoms. The van der Waals surface area contributed by atoms with E-state index in [-0.39, 0.29) is 52.0 Å². The maximum absolute atomic E-state index is 5.82. The number of rotatable bonds is 12. The van der Waals surface area contributed by atoms with Crippen LogP contribution in [0.4, 0.5) is 0 Å². The predicted octanol–water partition coefficient (Wildman–Crippen LogP) is 31.0. The Kier molecular flexibility index (Phi) is 35.3. The van der Waals surface area contributed by atoms with Crippen molar-refractivity contribution in [2.75, 3.05) is 0 Å². The average Bonchev–Trinajstić information content (AvgIpc) is 1.73. The van der Waals surface area contributed by atoms with Gasteiger partial charge in [-0.2, -0.15) is 0 Å². The van der Waals surface area contributed by atoms with Crippen molar-refractivity contribution in [1.29, 1.82) is 0 Å². The average molecular weight is 1360 g/mol. The summed E-state index contributed by atoms with van der Waals surface area (Å²) in [7, 11) is 2.11. The van der Waals surface area contributed by atoms with E-state index < -0.39 is 0 Å². The number of hydrogen-bond donors (Lipinski definition) is 3. The fraction of sp³-hybridized carbons (Fsp3) is 0.550. The first-order chi connectivity index (χ1) is 39.9. The van der Waals surface area contributed by atoms with Crippen molar-refractivity contribution in [2.45, 2.75) is 289 Å². The molecule has 3 N–H and O–H groups in total. The third-order valence-electron chi connectivity index (χ3n) is 15.6. The summed E-state index contributed by atoms with van der Waals surface area (Å²) < 4.78 is 21.9. The molecule has 0 atom stereocenters. The van der Waals surface area contributed by atoms with Crippen LogP contribution in [0.2, 0.25) is 0 Å². The second-order valence-electron chi connectivity index (χ2n) is 26.9. The molecule has 92 heavy (non-hydrogen) atoms. The number of fused-ring (bicyclic) bond motifs is 6. The second kappa shape index (κ2) is 37.4. The monoisotopic (exact) mass is 1350 g/mol.